The van der Waals surface area contributed by atoms with Crippen LogP contribution in [0.1, 0.15) is 36.7 Å². The maximum absolute atomic E-state index is 12.5. The van der Waals surface area contributed by atoms with Crippen molar-refractivity contribution in [2.75, 3.05) is 5.32 Å². The van der Waals surface area contributed by atoms with Gasteiger partial charge in [0.2, 0.25) is 0 Å². The van der Waals surface area contributed by atoms with Crippen LogP contribution in [0.5, 0.6) is 0 Å². The van der Waals surface area contributed by atoms with E-state index in [4.69, 9.17) is 0 Å². The molecule has 1 aromatic heterocycles. The van der Waals surface area contributed by atoms with Crippen LogP contribution in [0, 0.1) is 20.2 Å². The lowest BCUT2D eigenvalue weighted by Crippen LogP contribution is -2.12. The van der Waals surface area contributed by atoms with E-state index in [-0.39, 0.29) is 16.1 Å². The molecule has 0 spiro atoms. The monoisotopic (exact) mass is 426 g/mol. The molecule has 0 aliphatic carbocycles. The number of non-ortho nitro benzene ring substituents is 2. The SMILES string of the molecule is CC(C)(C)c1ccc(-c2csc(NC(=O)c3cc([N+](=O)[O-])cc([N+](=O)[O-])c3)n2)cc1. The Kier molecular flexibility index (Phi) is 5.61. The minimum atomic E-state index is -0.785. The van der Waals surface area contributed by atoms with Gasteiger partial charge >= 0.3 is 0 Å². The minimum absolute atomic E-state index is 0.0284. The van der Waals surface area contributed by atoms with Crippen molar-refractivity contribution < 1.29 is 14.6 Å². The summed E-state index contributed by atoms with van der Waals surface area (Å²) in [7, 11) is 0. The molecule has 1 amide bonds. The fraction of sp³-hybridized carbons (Fsp3) is 0.200. The predicted octanol–water partition coefficient (Wildman–Crippen LogP) is 5.18. The van der Waals surface area contributed by atoms with Crippen LogP contribution in [0.25, 0.3) is 11.3 Å². The maximum atomic E-state index is 12.5. The van der Waals surface area contributed by atoms with Crippen molar-refractivity contribution >= 4 is 33.8 Å². The van der Waals surface area contributed by atoms with Gasteiger partial charge in [-0.05, 0) is 11.0 Å². The molecule has 1 N–H and O–H groups in total. The highest BCUT2D eigenvalue weighted by Gasteiger charge is 2.21. The van der Waals surface area contributed by atoms with Crippen molar-refractivity contribution in [1.29, 1.82) is 0 Å². The molecule has 3 aromatic rings. The first-order valence-corrected chi connectivity index (χ1v) is 9.74. The van der Waals surface area contributed by atoms with Crippen molar-refractivity contribution in [2.45, 2.75) is 26.2 Å². The second-order valence-electron chi connectivity index (χ2n) is 7.57. The third-order valence-corrected chi connectivity index (χ3v) is 5.12. The molecule has 0 aliphatic heterocycles. The molecule has 9 nitrogen and oxygen atoms in total. The van der Waals surface area contributed by atoms with Crippen molar-refractivity contribution in [2.24, 2.45) is 0 Å². The Bertz CT molecular complexity index is 1100. The Labute approximate surface area is 175 Å². The summed E-state index contributed by atoms with van der Waals surface area (Å²) in [5.41, 5.74) is 1.50. The van der Waals surface area contributed by atoms with Gasteiger partial charge in [0.15, 0.2) is 5.13 Å². The third kappa shape index (κ3) is 4.66. The number of hydrogen-bond acceptors (Lipinski definition) is 7. The summed E-state index contributed by atoms with van der Waals surface area (Å²) in [4.78, 5) is 37.3. The highest BCUT2D eigenvalue weighted by atomic mass is 32.1. The van der Waals surface area contributed by atoms with Crippen LogP contribution in [0.4, 0.5) is 16.5 Å². The molecule has 0 fully saturated rings. The van der Waals surface area contributed by atoms with Crippen LogP contribution in [0.2, 0.25) is 0 Å². The zero-order valence-electron chi connectivity index (χ0n) is 16.4. The van der Waals surface area contributed by atoms with E-state index in [1.54, 1.807) is 5.38 Å². The van der Waals surface area contributed by atoms with Crippen molar-refractivity contribution in [1.82, 2.24) is 4.98 Å². The Morgan fingerprint density at radius 1 is 1.00 bits per heavy atom. The number of hydrogen-bond donors (Lipinski definition) is 1. The molecule has 30 heavy (non-hydrogen) atoms. The van der Waals surface area contributed by atoms with Gasteiger partial charge in [-0.2, -0.15) is 0 Å². The summed E-state index contributed by atoms with van der Waals surface area (Å²) in [5.74, 6) is -0.717. The number of nitrogens with one attached hydrogen (secondary N) is 1. The van der Waals surface area contributed by atoms with Crippen LogP contribution >= 0.6 is 11.3 Å². The van der Waals surface area contributed by atoms with E-state index in [1.165, 1.54) is 16.9 Å². The average Bonchev–Trinajstić information content (AvgIpc) is 3.15. The normalized spacial score (nSPS) is 11.2. The molecule has 0 saturated carbocycles. The molecule has 154 valence electrons. The highest BCUT2D eigenvalue weighted by molar-refractivity contribution is 7.14. The van der Waals surface area contributed by atoms with Gasteiger partial charge in [-0.25, -0.2) is 4.98 Å². The first-order chi connectivity index (χ1) is 14.0. The number of carbonyl (C=O) groups is 1. The number of nitro benzene ring substituents is 2. The largest absolute Gasteiger partial charge is 0.298 e. The highest BCUT2D eigenvalue weighted by Crippen LogP contribution is 2.29. The van der Waals surface area contributed by atoms with Crippen LogP contribution in [0.15, 0.2) is 47.8 Å². The smallest absolute Gasteiger partial charge is 0.277 e. The molecule has 10 heteroatoms. The standard InChI is InChI=1S/C20H18N4O5S/c1-20(2,3)14-6-4-12(5-7-14)17-11-30-19(21-17)22-18(25)13-8-15(23(26)27)10-16(9-13)24(28)29/h4-11H,1-3H3,(H,21,22,25). The number of anilines is 1. The molecular weight excluding hydrogens is 408 g/mol. The van der Waals surface area contributed by atoms with Gasteiger partial charge in [0, 0.05) is 23.1 Å². The lowest BCUT2D eigenvalue weighted by molar-refractivity contribution is -0.394. The number of thiazole rings is 1. The van der Waals surface area contributed by atoms with E-state index in [9.17, 15) is 25.0 Å². The molecule has 1 heterocycles. The van der Waals surface area contributed by atoms with Gasteiger partial charge in [0.1, 0.15) is 0 Å². The van der Waals surface area contributed by atoms with Crippen molar-refractivity contribution in [3.8, 4) is 11.3 Å². The van der Waals surface area contributed by atoms with Gasteiger partial charge in [-0.3, -0.25) is 30.3 Å². The fourth-order valence-electron chi connectivity index (χ4n) is 2.71. The van der Waals surface area contributed by atoms with Crippen LogP contribution < -0.4 is 5.32 Å². The van der Waals surface area contributed by atoms with Crippen LogP contribution in [0.3, 0.4) is 0 Å². The number of aromatic nitrogens is 1. The topological polar surface area (TPSA) is 128 Å². The summed E-state index contributed by atoms with van der Waals surface area (Å²) < 4.78 is 0. The van der Waals surface area contributed by atoms with Crippen molar-refractivity contribution in [3.63, 3.8) is 0 Å². The molecule has 0 unspecified atom stereocenters. The summed E-state index contributed by atoms with van der Waals surface area (Å²) >= 11 is 1.19. The number of rotatable bonds is 5. The molecule has 0 aliphatic rings. The molecule has 0 saturated heterocycles. The second-order valence-corrected chi connectivity index (χ2v) is 8.43. The molecule has 0 bridgehead atoms. The second kappa shape index (κ2) is 7.99. The molecule has 2 aromatic carbocycles. The Morgan fingerprint density at radius 3 is 2.07 bits per heavy atom. The average molecular weight is 426 g/mol. The van der Waals surface area contributed by atoms with Gasteiger partial charge in [0.25, 0.3) is 17.3 Å². The predicted molar refractivity (Wildman–Crippen MR) is 114 cm³/mol. The minimum Gasteiger partial charge on any atom is -0.298 e. The van der Waals surface area contributed by atoms with Crippen molar-refractivity contribution in [3.05, 3.63) is 79.2 Å². The number of carbonyl (C=O) groups excluding carboxylic acids is 1. The van der Waals surface area contributed by atoms with Crippen LogP contribution in [-0.4, -0.2) is 20.7 Å². The number of benzene rings is 2. The summed E-state index contributed by atoms with van der Waals surface area (Å²) in [6.45, 7) is 6.37. The van der Waals surface area contributed by atoms with E-state index in [2.05, 4.69) is 31.1 Å². The Hall–Kier alpha value is -3.66. The first kappa shape index (κ1) is 21.1. The molecule has 0 radical (unpaired) electrons. The van der Waals surface area contributed by atoms with E-state index < -0.39 is 27.1 Å². The van der Waals surface area contributed by atoms with Gasteiger partial charge < -0.3 is 0 Å². The summed E-state index contributed by atoms with van der Waals surface area (Å²) in [6.07, 6.45) is 0. The number of nitro groups is 2. The van der Waals surface area contributed by atoms with Gasteiger partial charge in [-0.1, -0.05) is 45.0 Å². The Morgan fingerprint density at radius 2 is 1.57 bits per heavy atom. The van der Waals surface area contributed by atoms with Gasteiger partial charge in [-0.15, -0.1) is 11.3 Å². The zero-order chi connectivity index (χ0) is 22.1. The van der Waals surface area contributed by atoms with Crippen LogP contribution in [-0.2, 0) is 5.41 Å². The Balaban J connectivity index is 1.81. The molecular formula is C20H18N4O5S. The lowest BCUT2D eigenvalue weighted by atomic mass is 9.86. The number of nitrogens with zero attached hydrogens (tertiary/aromatic N) is 3. The lowest BCUT2D eigenvalue weighted by Gasteiger charge is -2.18. The molecule has 0 atom stereocenters. The number of amides is 1. The summed E-state index contributed by atoms with van der Waals surface area (Å²) in [5, 5.41) is 26.6. The maximum Gasteiger partial charge on any atom is 0.277 e. The quantitative estimate of drug-likeness (QED) is 0.442. The molecule has 3 rings (SSSR count). The van der Waals surface area contributed by atoms with E-state index in [0.717, 1.165) is 23.8 Å². The van der Waals surface area contributed by atoms with E-state index >= 15 is 0 Å². The fourth-order valence-corrected chi connectivity index (χ4v) is 3.43. The van der Waals surface area contributed by atoms with E-state index in [0.29, 0.717) is 5.69 Å². The van der Waals surface area contributed by atoms with Gasteiger partial charge in [0.05, 0.1) is 27.2 Å². The zero-order valence-corrected chi connectivity index (χ0v) is 17.2. The van der Waals surface area contributed by atoms with E-state index in [1.807, 2.05) is 24.3 Å². The first-order valence-electron chi connectivity index (χ1n) is 8.86. The third-order valence-electron chi connectivity index (χ3n) is 4.36. The summed E-state index contributed by atoms with van der Waals surface area (Å²) in [6, 6.07) is 10.7.